The minimum Gasteiger partial charge on any atom is -0.455 e. The lowest BCUT2D eigenvalue weighted by Gasteiger charge is -2.15. The first-order valence-corrected chi connectivity index (χ1v) is 20.3. The van der Waals surface area contributed by atoms with Gasteiger partial charge >= 0.3 is 0 Å². The predicted molar refractivity (Wildman–Crippen MR) is 248 cm³/mol. The zero-order valence-electron chi connectivity index (χ0n) is 32.2. The predicted octanol–water partition coefficient (Wildman–Crippen LogP) is 14.5. The van der Waals surface area contributed by atoms with E-state index in [-0.39, 0.29) is 0 Å². The molecule has 0 saturated heterocycles. The lowest BCUT2D eigenvalue weighted by atomic mass is 9.96. The summed E-state index contributed by atoms with van der Waals surface area (Å²) in [5.74, 6) is 1.71. The molecule has 60 heavy (non-hydrogen) atoms. The highest BCUT2D eigenvalue weighted by molar-refractivity contribution is 6.24. The van der Waals surface area contributed by atoms with Gasteiger partial charge in [-0.25, -0.2) is 4.98 Å². The van der Waals surface area contributed by atoms with E-state index < -0.39 is 0 Å². The van der Waals surface area contributed by atoms with Crippen LogP contribution in [-0.2, 0) is 0 Å². The smallest absolute Gasteiger partial charge is 0.238 e. The molecule has 0 atom stereocenters. The van der Waals surface area contributed by atoms with Gasteiger partial charge in [-0.2, -0.15) is 9.97 Å². The Balaban J connectivity index is 1.20. The molecular weight excluding hydrogens is 733 g/mol. The number of rotatable bonds is 4. The summed E-state index contributed by atoms with van der Waals surface area (Å²) in [4.78, 5) is 16.6. The molecule has 5 heteroatoms. The van der Waals surface area contributed by atoms with Crippen LogP contribution in [0, 0.1) is 0 Å². The third kappa shape index (κ3) is 4.84. The fourth-order valence-corrected chi connectivity index (χ4v) is 9.48. The monoisotopic (exact) mass is 764 g/mol. The van der Waals surface area contributed by atoms with Crippen molar-refractivity contribution in [3.05, 3.63) is 194 Å². The van der Waals surface area contributed by atoms with Crippen molar-refractivity contribution >= 4 is 86.8 Å². The minimum atomic E-state index is 0.548. The summed E-state index contributed by atoms with van der Waals surface area (Å²) in [5, 5.41) is 13.2. The molecule has 13 aromatic rings. The molecule has 13 rings (SSSR count). The second kappa shape index (κ2) is 12.7. The maximum Gasteiger partial charge on any atom is 0.238 e. The van der Waals surface area contributed by atoms with Gasteiger partial charge in [0.1, 0.15) is 11.2 Å². The highest BCUT2D eigenvalue weighted by Crippen LogP contribution is 2.43. The SMILES string of the molecule is c1ccc(-c2cc(-c3nc(-c4cccc5oc6c7ccccc7ccc6c45)nc(-n4c5c6ccccc6ccc5c5ccc6ccccc6c54)n3)c3ccccc3c2)cc1. The highest BCUT2D eigenvalue weighted by Gasteiger charge is 2.24. The van der Waals surface area contributed by atoms with Gasteiger partial charge in [-0.3, -0.25) is 4.57 Å². The van der Waals surface area contributed by atoms with E-state index in [1.54, 1.807) is 0 Å². The Kier molecular flexibility index (Phi) is 6.95. The van der Waals surface area contributed by atoms with E-state index in [4.69, 9.17) is 19.4 Å². The minimum absolute atomic E-state index is 0.548. The van der Waals surface area contributed by atoms with Gasteiger partial charge in [0.05, 0.1) is 11.0 Å². The van der Waals surface area contributed by atoms with Crippen LogP contribution in [0.15, 0.2) is 199 Å². The number of benzene rings is 10. The van der Waals surface area contributed by atoms with Gasteiger partial charge < -0.3 is 4.42 Å². The molecule has 0 spiro atoms. The quantitative estimate of drug-likeness (QED) is 0.179. The fraction of sp³-hybridized carbons (Fsp3) is 0. The molecule has 0 aliphatic rings. The molecular formula is C55H32N4O. The Bertz CT molecular complexity index is 3810. The highest BCUT2D eigenvalue weighted by atomic mass is 16.3. The third-order valence-electron chi connectivity index (χ3n) is 12.2. The van der Waals surface area contributed by atoms with Crippen molar-refractivity contribution in [1.29, 1.82) is 0 Å². The molecule has 0 aliphatic heterocycles. The first kappa shape index (κ1) is 32.9. The summed E-state index contributed by atoms with van der Waals surface area (Å²) in [6, 6.07) is 68.5. The summed E-state index contributed by atoms with van der Waals surface area (Å²) in [7, 11) is 0. The van der Waals surface area contributed by atoms with Crippen molar-refractivity contribution in [2.24, 2.45) is 0 Å². The van der Waals surface area contributed by atoms with Crippen molar-refractivity contribution in [3.63, 3.8) is 0 Å². The Morgan fingerprint density at radius 3 is 1.58 bits per heavy atom. The number of nitrogens with zero attached hydrogens (tertiary/aromatic N) is 4. The van der Waals surface area contributed by atoms with Gasteiger partial charge in [0.25, 0.3) is 0 Å². The van der Waals surface area contributed by atoms with Gasteiger partial charge in [-0.15, -0.1) is 0 Å². The van der Waals surface area contributed by atoms with Crippen LogP contribution in [0.2, 0.25) is 0 Å². The zero-order chi connectivity index (χ0) is 39.3. The molecule has 0 N–H and O–H groups in total. The van der Waals surface area contributed by atoms with Crippen LogP contribution >= 0.6 is 0 Å². The molecule has 5 nitrogen and oxygen atoms in total. The third-order valence-corrected chi connectivity index (χ3v) is 12.2. The van der Waals surface area contributed by atoms with Crippen LogP contribution in [0.1, 0.15) is 0 Å². The Hall–Kier alpha value is -8.15. The molecule has 0 aliphatic carbocycles. The topological polar surface area (TPSA) is 56.7 Å². The molecule has 3 heterocycles. The summed E-state index contributed by atoms with van der Waals surface area (Å²) in [6.07, 6.45) is 0. The van der Waals surface area contributed by atoms with Crippen LogP contribution in [-0.4, -0.2) is 19.5 Å². The van der Waals surface area contributed by atoms with E-state index in [1.807, 2.05) is 12.1 Å². The van der Waals surface area contributed by atoms with E-state index in [0.29, 0.717) is 17.6 Å². The molecule has 10 aromatic carbocycles. The van der Waals surface area contributed by atoms with Gasteiger partial charge in [0, 0.05) is 48.8 Å². The maximum absolute atomic E-state index is 6.70. The van der Waals surface area contributed by atoms with Crippen LogP contribution in [0.5, 0.6) is 0 Å². The second-order valence-electron chi connectivity index (χ2n) is 15.5. The first-order valence-electron chi connectivity index (χ1n) is 20.3. The van der Waals surface area contributed by atoms with Gasteiger partial charge in [0.2, 0.25) is 5.95 Å². The van der Waals surface area contributed by atoms with Gasteiger partial charge in [-0.05, 0) is 62.3 Å². The van der Waals surface area contributed by atoms with Crippen LogP contribution in [0.3, 0.4) is 0 Å². The summed E-state index contributed by atoms with van der Waals surface area (Å²) in [6.45, 7) is 0. The molecule has 0 amide bonds. The van der Waals surface area contributed by atoms with Crippen molar-refractivity contribution in [1.82, 2.24) is 19.5 Å². The normalized spacial score (nSPS) is 12.0. The molecule has 3 aromatic heterocycles. The molecule has 0 bridgehead atoms. The van der Waals surface area contributed by atoms with Crippen molar-refractivity contribution < 1.29 is 4.42 Å². The maximum atomic E-state index is 6.70. The molecule has 0 radical (unpaired) electrons. The van der Waals surface area contributed by atoms with Crippen molar-refractivity contribution in [3.8, 4) is 39.9 Å². The zero-order valence-corrected chi connectivity index (χ0v) is 32.2. The molecule has 0 unspecified atom stereocenters. The van der Waals surface area contributed by atoms with E-state index >= 15 is 0 Å². The van der Waals surface area contributed by atoms with Crippen LogP contribution < -0.4 is 0 Å². The Morgan fingerprint density at radius 1 is 0.350 bits per heavy atom. The van der Waals surface area contributed by atoms with Crippen LogP contribution in [0.25, 0.3) is 127 Å². The Morgan fingerprint density at radius 2 is 0.900 bits per heavy atom. The van der Waals surface area contributed by atoms with E-state index in [2.05, 4.69) is 187 Å². The van der Waals surface area contributed by atoms with E-state index in [1.165, 1.54) is 0 Å². The largest absolute Gasteiger partial charge is 0.455 e. The number of hydrogen-bond donors (Lipinski definition) is 0. The fourth-order valence-electron chi connectivity index (χ4n) is 9.48. The lowest BCUT2D eigenvalue weighted by molar-refractivity contribution is 0.672. The van der Waals surface area contributed by atoms with E-state index in [0.717, 1.165) is 109 Å². The van der Waals surface area contributed by atoms with E-state index in [9.17, 15) is 0 Å². The second-order valence-corrected chi connectivity index (χ2v) is 15.5. The number of furan rings is 1. The molecule has 0 fully saturated rings. The van der Waals surface area contributed by atoms with Gasteiger partial charge in [0.15, 0.2) is 11.6 Å². The average Bonchev–Trinajstić information content (AvgIpc) is 3.88. The number of aromatic nitrogens is 4. The summed E-state index contributed by atoms with van der Waals surface area (Å²) in [5.41, 5.74) is 7.79. The average molecular weight is 765 g/mol. The summed E-state index contributed by atoms with van der Waals surface area (Å²) >= 11 is 0. The Labute approximate surface area is 343 Å². The van der Waals surface area contributed by atoms with Crippen molar-refractivity contribution in [2.75, 3.05) is 0 Å². The first-order chi connectivity index (χ1) is 29.7. The lowest BCUT2D eigenvalue weighted by Crippen LogP contribution is -2.07. The van der Waals surface area contributed by atoms with Crippen molar-refractivity contribution in [2.45, 2.75) is 0 Å². The number of fused-ring (bicyclic) bond motifs is 13. The van der Waals surface area contributed by atoms with Gasteiger partial charge in [-0.1, -0.05) is 170 Å². The summed E-state index contributed by atoms with van der Waals surface area (Å²) < 4.78 is 8.99. The molecule has 278 valence electrons. The standard InChI is InChI=1S/C55H32N4O/c1-2-13-33(14-3-1)38-31-37-18-7-8-19-39(37)47(32-38)54-56-53(46-23-12-24-48-49(46)45-30-27-36-17-6-11-22-42(36)52(45)60-48)57-55(58-54)59-50-40-20-9-4-15-34(40)25-28-43(50)44-29-26-35-16-5-10-21-41(35)51(44)59/h1-32H. The van der Waals surface area contributed by atoms with Crippen LogP contribution in [0.4, 0.5) is 0 Å². The molecule has 0 saturated carbocycles. The number of hydrogen-bond acceptors (Lipinski definition) is 4.